The molecule has 1 fully saturated rings. The van der Waals surface area contributed by atoms with Gasteiger partial charge in [0, 0.05) is 10.7 Å². The van der Waals surface area contributed by atoms with Gasteiger partial charge in [0.25, 0.3) is 5.91 Å². The number of carbonyl (C=O) groups excluding carboxylic acids is 2. The van der Waals surface area contributed by atoms with Crippen LogP contribution in [0.15, 0.2) is 52.2 Å². The van der Waals surface area contributed by atoms with Gasteiger partial charge in [0.2, 0.25) is 5.91 Å². The number of fused-ring (bicyclic) bond motifs is 1. The molecule has 2 aliphatic heterocycles. The maximum atomic E-state index is 12.7. The number of carboxylic acids is 1. The van der Waals surface area contributed by atoms with Crippen LogP contribution in [0.5, 0.6) is 0 Å². The number of rotatable bonds is 8. The molecule has 0 spiro atoms. The number of H-pyrrole nitrogens is 1. The standard InChI is InChI=1S/C18H17N5O4S3/c24-12(6-10-4-2-1-3-5-10)20-14-16(25)23-15(18(26)27)11(8-28-17(14)23)29-9-30-13-7-19-22-21-13/h1-5,7,14,17H,6,8-9H2,(H,20,24)(H,26,27)(H,19,21,22)/t14-,17-/m1/s1. The molecule has 2 atom stereocenters. The minimum atomic E-state index is -1.14. The molecule has 0 saturated carbocycles. The predicted molar refractivity (Wildman–Crippen MR) is 115 cm³/mol. The Bertz CT molecular complexity index is 983. The minimum Gasteiger partial charge on any atom is -0.477 e. The molecule has 1 saturated heterocycles. The molecule has 0 bridgehead atoms. The molecule has 9 nitrogen and oxygen atoms in total. The van der Waals surface area contributed by atoms with Gasteiger partial charge in [-0.25, -0.2) is 4.79 Å². The lowest BCUT2D eigenvalue weighted by atomic mass is 10.0. The van der Waals surface area contributed by atoms with Crippen LogP contribution in [0, 0.1) is 0 Å². The molecule has 0 radical (unpaired) electrons. The van der Waals surface area contributed by atoms with E-state index in [2.05, 4.69) is 20.7 Å². The van der Waals surface area contributed by atoms with Crippen LogP contribution in [0.3, 0.4) is 0 Å². The largest absolute Gasteiger partial charge is 0.477 e. The first-order valence-electron chi connectivity index (χ1n) is 8.91. The first kappa shape index (κ1) is 20.8. The number of β-lactam (4-membered cyclic amide) rings is 1. The van der Waals surface area contributed by atoms with Crippen LogP contribution in [0.1, 0.15) is 5.56 Å². The minimum absolute atomic E-state index is 0.00283. The van der Waals surface area contributed by atoms with E-state index < -0.39 is 23.3 Å². The maximum absolute atomic E-state index is 12.7. The van der Waals surface area contributed by atoms with Crippen molar-refractivity contribution in [1.29, 1.82) is 0 Å². The Balaban J connectivity index is 1.39. The summed E-state index contributed by atoms with van der Waals surface area (Å²) in [4.78, 5) is 38.8. The molecule has 0 aliphatic carbocycles. The van der Waals surface area contributed by atoms with Gasteiger partial charge in [-0.2, -0.15) is 0 Å². The second kappa shape index (κ2) is 9.14. The van der Waals surface area contributed by atoms with Crippen molar-refractivity contribution in [2.24, 2.45) is 0 Å². The Morgan fingerprint density at radius 1 is 1.30 bits per heavy atom. The van der Waals surface area contributed by atoms with Crippen LogP contribution in [-0.4, -0.2) is 65.5 Å². The van der Waals surface area contributed by atoms with Crippen molar-refractivity contribution < 1.29 is 19.5 Å². The number of aromatic nitrogens is 3. The molecule has 30 heavy (non-hydrogen) atoms. The third-order valence-corrected chi connectivity index (χ3v) is 8.08. The highest BCUT2D eigenvalue weighted by molar-refractivity contribution is 8.18. The summed E-state index contributed by atoms with van der Waals surface area (Å²) in [6.45, 7) is 0. The average Bonchev–Trinajstić information content (AvgIpc) is 3.25. The average molecular weight is 464 g/mol. The predicted octanol–water partition coefficient (Wildman–Crippen LogP) is 1.53. The van der Waals surface area contributed by atoms with E-state index >= 15 is 0 Å². The number of hydrogen-bond donors (Lipinski definition) is 3. The number of carbonyl (C=O) groups is 3. The molecule has 3 N–H and O–H groups in total. The zero-order valence-electron chi connectivity index (χ0n) is 15.5. The van der Waals surface area contributed by atoms with E-state index in [0.29, 0.717) is 20.8 Å². The Morgan fingerprint density at radius 2 is 2.10 bits per heavy atom. The fourth-order valence-electron chi connectivity index (χ4n) is 3.13. The molecule has 156 valence electrons. The van der Waals surface area contributed by atoms with Gasteiger partial charge in [0.1, 0.15) is 22.1 Å². The third kappa shape index (κ3) is 4.35. The molecular weight excluding hydrogens is 446 g/mol. The van der Waals surface area contributed by atoms with Gasteiger partial charge >= 0.3 is 5.97 Å². The number of thioether (sulfide) groups is 3. The number of aliphatic carboxylic acids is 1. The van der Waals surface area contributed by atoms with Crippen molar-refractivity contribution in [3.63, 3.8) is 0 Å². The monoisotopic (exact) mass is 463 g/mol. The zero-order chi connectivity index (χ0) is 21.1. The Morgan fingerprint density at radius 3 is 2.80 bits per heavy atom. The van der Waals surface area contributed by atoms with E-state index in [4.69, 9.17) is 0 Å². The molecule has 0 unspecified atom stereocenters. The van der Waals surface area contributed by atoms with Crippen molar-refractivity contribution in [1.82, 2.24) is 25.6 Å². The van der Waals surface area contributed by atoms with Crippen molar-refractivity contribution >= 4 is 53.1 Å². The molecular formula is C18H17N5O4S3. The smallest absolute Gasteiger partial charge is 0.353 e. The number of amides is 2. The highest BCUT2D eigenvalue weighted by Crippen LogP contribution is 2.44. The van der Waals surface area contributed by atoms with Gasteiger partial charge in [0.05, 0.1) is 17.7 Å². The molecule has 2 amide bonds. The highest BCUT2D eigenvalue weighted by Gasteiger charge is 2.54. The van der Waals surface area contributed by atoms with Crippen molar-refractivity contribution in [2.75, 3.05) is 10.8 Å². The van der Waals surface area contributed by atoms with Gasteiger partial charge in [-0.3, -0.25) is 19.6 Å². The van der Waals surface area contributed by atoms with Crippen LogP contribution in [0.25, 0.3) is 0 Å². The third-order valence-electron chi connectivity index (χ3n) is 4.49. The van der Waals surface area contributed by atoms with Gasteiger partial charge in [-0.05, 0) is 5.56 Å². The van der Waals surface area contributed by atoms with Crippen LogP contribution >= 0.6 is 35.3 Å². The Labute approximate surface area is 184 Å². The van der Waals surface area contributed by atoms with E-state index in [1.807, 2.05) is 30.3 Å². The number of hydrogen-bond acceptors (Lipinski definition) is 8. The lowest BCUT2D eigenvalue weighted by molar-refractivity contribution is -0.150. The molecule has 12 heteroatoms. The second-order valence-corrected chi connectivity index (χ2v) is 9.95. The summed E-state index contributed by atoms with van der Waals surface area (Å²) in [5, 5.41) is 23.4. The fraction of sp³-hybridized carbons (Fsp3) is 0.278. The van der Waals surface area contributed by atoms with Gasteiger partial charge in [-0.15, -0.1) is 28.6 Å². The first-order valence-corrected chi connectivity index (χ1v) is 11.9. The summed E-state index contributed by atoms with van der Waals surface area (Å²) in [7, 11) is 0. The Kier molecular flexibility index (Phi) is 6.35. The fourth-order valence-corrected chi connectivity index (χ4v) is 6.71. The zero-order valence-corrected chi connectivity index (χ0v) is 17.9. The topological polar surface area (TPSA) is 128 Å². The molecule has 2 aromatic rings. The summed E-state index contributed by atoms with van der Waals surface area (Å²) >= 11 is 4.25. The summed E-state index contributed by atoms with van der Waals surface area (Å²) in [5.74, 6) is -1.33. The summed E-state index contributed by atoms with van der Waals surface area (Å²) in [5.41, 5.74) is 0.854. The van der Waals surface area contributed by atoms with Gasteiger partial charge in [0.15, 0.2) is 0 Å². The summed E-state index contributed by atoms with van der Waals surface area (Å²) in [6.07, 6.45) is 1.83. The van der Waals surface area contributed by atoms with E-state index in [1.54, 1.807) is 6.20 Å². The number of benzene rings is 1. The van der Waals surface area contributed by atoms with E-state index in [1.165, 1.54) is 40.2 Å². The normalized spacial score (nSPS) is 20.5. The van der Waals surface area contributed by atoms with Crippen molar-refractivity contribution in [3.8, 4) is 0 Å². The molecule has 1 aromatic carbocycles. The second-order valence-electron chi connectivity index (χ2n) is 6.41. The summed E-state index contributed by atoms with van der Waals surface area (Å²) < 4.78 is 0. The van der Waals surface area contributed by atoms with Crippen molar-refractivity contribution in [2.45, 2.75) is 22.9 Å². The Hall–Kier alpha value is -2.44. The number of nitrogens with one attached hydrogen (secondary N) is 2. The number of carboxylic acid groups (broad SMARTS) is 1. The van der Waals surface area contributed by atoms with Crippen LogP contribution < -0.4 is 5.32 Å². The summed E-state index contributed by atoms with van der Waals surface area (Å²) in [6, 6.07) is 8.54. The van der Waals surface area contributed by atoms with E-state index in [0.717, 1.165) is 5.56 Å². The molecule has 4 rings (SSSR count). The quantitative estimate of drug-likeness (QED) is 0.303. The number of aromatic amines is 1. The lowest BCUT2D eigenvalue weighted by Crippen LogP contribution is -2.70. The number of nitrogens with zero attached hydrogens (tertiary/aromatic N) is 3. The van der Waals surface area contributed by atoms with Crippen molar-refractivity contribution in [3.05, 3.63) is 52.7 Å². The van der Waals surface area contributed by atoms with Crippen LogP contribution in [0.2, 0.25) is 0 Å². The molecule has 1 aromatic heterocycles. The lowest BCUT2D eigenvalue weighted by Gasteiger charge is -2.49. The SMILES string of the molecule is O=C(Cc1ccccc1)N[C@@H]1C(=O)N2C(C(=O)O)=C(SCSc3c[nH]nn3)CS[C@H]12. The maximum Gasteiger partial charge on any atom is 0.353 e. The molecule has 3 heterocycles. The van der Waals surface area contributed by atoms with Crippen LogP contribution in [0.4, 0.5) is 0 Å². The molecule has 2 aliphatic rings. The van der Waals surface area contributed by atoms with Gasteiger partial charge in [-0.1, -0.05) is 47.3 Å². The first-order chi connectivity index (χ1) is 14.5. The van der Waals surface area contributed by atoms with Gasteiger partial charge < -0.3 is 10.4 Å². The van der Waals surface area contributed by atoms with E-state index in [-0.39, 0.29) is 18.0 Å². The van der Waals surface area contributed by atoms with Crippen LogP contribution in [-0.2, 0) is 20.8 Å². The van der Waals surface area contributed by atoms with E-state index in [9.17, 15) is 19.5 Å². The highest BCUT2D eigenvalue weighted by atomic mass is 32.2.